The predicted octanol–water partition coefficient (Wildman–Crippen LogP) is 13.7. The fourth-order valence-electron chi connectivity index (χ4n) is 8.48. The summed E-state index contributed by atoms with van der Waals surface area (Å²) in [6.45, 7) is 0. The summed E-state index contributed by atoms with van der Waals surface area (Å²) >= 11 is 0. The van der Waals surface area contributed by atoms with Crippen LogP contribution in [0.5, 0.6) is 0 Å². The molecule has 0 radical (unpaired) electrons. The van der Waals surface area contributed by atoms with E-state index in [1.165, 1.54) is 59.7 Å². The van der Waals surface area contributed by atoms with Crippen LogP contribution in [0.15, 0.2) is 200 Å². The molecule has 0 bridgehead atoms. The molecule has 55 heavy (non-hydrogen) atoms. The van der Waals surface area contributed by atoms with Gasteiger partial charge in [0.1, 0.15) is 0 Å². The third-order valence-electron chi connectivity index (χ3n) is 11.0. The molecular weight excluding hydrogens is 667 g/mol. The number of benzene rings is 9. The zero-order chi connectivity index (χ0) is 36.3. The smallest absolute Gasteiger partial charge is 0.160 e. The predicted molar refractivity (Wildman–Crippen MR) is 231 cm³/mol. The Morgan fingerprint density at radius 1 is 0.345 bits per heavy atom. The maximum absolute atomic E-state index is 5.36. The van der Waals surface area contributed by atoms with E-state index in [9.17, 15) is 0 Å². The lowest BCUT2D eigenvalue weighted by Gasteiger charge is -2.16. The fraction of sp³-hybridized carbons (Fsp3) is 0. The van der Waals surface area contributed by atoms with Gasteiger partial charge in [-0.1, -0.05) is 164 Å². The second-order valence-electron chi connectivity index (χ2n) is 14.2. The number of fused-ring (bicyclic) bond motifs is 7. The van der Waals surface area contributed by atoms with E-state index >= 15 is 0 Å². The zero-order valence-corrected chi connectivity index (χ0v) is 29.9. The normalized spacial score (nSPS) is 11.6. The van der Waals surface area contributed by atoms with Crippen molar-refractivity contribution in [2.45, 2.75) is 0 Å². The Bertz CT molecular complexity index is 3250. The van der Waals surface area contributed by atoms with Gasteiger partial charge in [0.2, 0.25) is 0 Å². The number of hydrogen-bond acceptors (Lipinski definition) is 2. The van der Waals surface area contributed by atoms with Gasteiger partial charge in [0, 0.05) is 38.7 Å². The molecule has 0 unspecified atom stereocenters. The topological polar surface area (TPSA) is 30.7 Å². The molecule has 3 nitrogen and oxygen atoms in total. The minimum Gasteiger partial charge on any atom is -0.309 e. The SMILES string of the molecule is c1ccc(-c2nc(-c3cccc(-c4cccc5c6ccccc6n(-c6ccccc6)c45)c3)cc(-c3c4ccccc4cc4c3ccc3ccccc34)n2)cc1. The molecule has 2 heterocycles. The summed E-state index contributed by atoms with van der Waals surface area (Å²) in [7, 11) is 0. The molecular formula is C52H33N3. The second-order valence-corrected chi connectivity index (χ2v) is 14.2. The van der Waals surface area contributed by atoms with Gasteiger partial charge in [-0.05, 0) is 74.3 Å². The standard InChI is InChI=1S/C52H33N3/c1-3-16-35(17-4-1)52-53-47(33-48(54-52)50-41-24-10-8-18-37(41)32-46-40-23-9-7-15-34(40)29-30-44(46)50)38-20-13-19-36(31-38)42-26-14-27-45-43-25-11-12-28-49(43)55(51(42)45)39-21-5-2-6-22-39/h1-33H. The van der Waals surface area contributed by atoms with E-state index in [2.05, 4.69) is 199 Å². The minimum absolute atomic E-state index is 0.701. The molecule has 0 saturated carbocycles. The molecule has 0 atom stereocenters. The number of hydrogen-bond donors (Lipinski definition) is 0. The van der Waals surface area contributed by atoms with Crippen LogP contribution in [-0.2, 0) is 0 Å². The van der Waals surface area contributed by atoms with Crippen LogP contribution in [0.2, 0.25) is 0 Å². The van der Waals surface area contributed by atoms with Gasteiger partial charge in [0.15, 0.2) is 5.82 Å². The highest BCUT2D eigenvalue weighted by Gasteiger charge is 2.19. The molecule has 0 fully saturated rings. The summed E-state index contributed by atoms with van der Waals surface area (Å²) in [4.78, 5) is 10.6. The van der Waals surface area contributed by atoms with Crippen LogP contribution < -0.4 is 0 Å². The van der Waals surface area contributed by atoms with Crippen molar-refractivity contribution in [2.24, 2.45) is 0 Å². The van der Waals surface area contributed by atoms with Crippen molar-refractivity contribution >= 4 is 54.1 Å². The Morgan fingerprint density at radius 2 is 0.982 bits per heavy atom. The Labute approximate surface area is 318 Å². The van der Waals surface area contributed by atoms with Crippen molar-refractivity contribution < 1.29 is 0 Å². The second kappa shape index (κ2) is 12.6. The first-order valence-corrected chi connectivity index (χ1v) is 18.7. The Kier molecular flexibility index (Phi) is 7.17. The summed E-state index contributed by atoms with van der Waals surface area (Å²) < 4.78 is 2.40. The molecule has 0 aliphatic rings. The van der Waals surface area contributed by atoms with E-state index in [0.717, 1.165) is 39.3 Å². The average molecular weight is 700 g/mol. The third kappa shape index (κ3) is 5.13. The van der Waals surface area contributed by atoms with Crippen LogP contribution in [-0.4, -0.2) is 14.5 Å². The average Bonchev–Trinajstić information content (AvgIpc) is 3.61. The van der Waals surface area contributed by atoms with Gasteiger partial charge in [0.25, 0.3) is 0 Å². The van der Waals surface area contributed by atoms with Crippen molar-refractivity contribution in [3.63, 3.8) is 0 Å². The van der Waals surface area contributed by atoms with Crippen molar-refractivity contribution in [3.8, 4) is 50.7 Å². The number of rotatable bonds is 5. The largest absolute Gasteiger partial charge is 0.309 e. The lowest BCUT2D eigenvalue weighted by atomic mass is 9.91. The van der Waals surface area contributed by atoms with Crippen LogP contribution in [0, 0.1) is 0 Å². The third-order valence-corrected chi connectivity index (χ3v) is 11.0. The fourth-order valence-corrected chi connectivity index (χ4v) is 8.48. The van der Waals surface area contributed by atoms with Gasteiger partial charge in [-0.25, -0.2) is 9.97 Å². The lowest BCUT2D eigenvalue weighted by Crippen LogP contribution is -1.98. The van der Waals surface area contributed by atoms with E-state index in [-0.39, 0.29) is 0 Å². The maximum Gasteiger partial charge on any atom is 0.160 e. The molecule has 0 aliphatic heterocycles. The first kappa shape index (κ1) is 31.2. The minimum atomic E-state index is 0.701. The monoisotopic (exact) mass is 699 g/mol. The van der Waals surface area contributed by atoms with E-state index in [0.29, 0.717) is 5.82 Å². The highest BCUT2D eigenvalue weighted by Crippen LogP contribution is 2.42. The molecule has 11 aromatic rings. The zero-order valence-electron chi connectivity index (χ0n) is 29.9. The summed E-state index contributed by atoms with van der Waals surface area (Å²) in [5.41, 5.74) is 10.7. The first-order chi connectivity index (χ1) is 27.3. The number of para-hydroxylation sites is 3. The molecule has 9 aromatic carbocycles. The Morgan fingerprint density at radius 3 is 1.84 bits per heavy atom. The van der Waals surface area contributed by atoms with E-state index in [1.807, 2.05) is 6.07 Å². The molecule has 0 amide bonds. The van der Waals surface area contributed by atoms with Gasteiger partial charge in [0.05, 0.1) is 22.4 Å². The Balaban J connectivity index is 1.16. The molecule has 11 rings (SSSR count). The van der Waals surface area contributed by atoms with Gasteiger partial charge in [-0.2, -0.15) is 0 Å². The van der Waals surface area contributed by atoms with Crippen LogP contribution >= 0.6 is 0 Å². The van der Waals surface area contributed by atoms with Crippen molar-refractivity contribution in [1.29, 1.82) is 0 Å². The van der Waals surface area contributed by atoms with Gasteiger partial charge < -0.3 is 4.57 Å². The summed E-state index contributed by atoms with van der Waals surface area (Å²) in [6, 6.07) is 71.5. The van der Waals surface area contributed by atoms with E-state index in [1.54, 1.807) is 0 Å². The van der Waals surface area contributed by atoms with Gasteiger partial charge in [-0.15, -0.1) is 0 Å². The van der Waals surface area contributed by atoms with Crippen LogP contribution in [0.1, 0.15) is 0 Å². The molecule has 2 aromatic heterocycles. The van der Waals surface area contributed by atoms with Crippen LogP contribution in [0.3, 0.4) is 0 Å². The first-order valence-electron chi connectivity index (χ1n) is 18.7. The molecule has 3 heteroatoms. The summed E-state index contributed by atoms with van der Waals surface area (Å²) in [6.07, 6.45) is 0. The molecule has 0 saturated heterocycles. The van der Waals surface area contributed by atoms with E-state index in [4.69, 9.17) is 9.97 Å². The highest BCUT2D eigenvalue weighted by atomic mass is 15.0. The van der Waals surface area contributed by atoms with Gasteiger partial charge in [-0.3, -0.25) is 0 Å². The van der Waals surface area contributed by atoms with Crippen molar-refractivity contribution in [2.75, 3.05) is 0 Å². The lowest BCUT2D eigenvalue weighted by molar-refractivity contribution is 1.18. The molecule has 0 spiro atoms. The summed E-state index contributed by atoms with van der Waals surface area (Å²) in [5, 5.41) is 9.68. The van der Waals surface area contributed by atoms with Crippen LogP contribution in [0.4, 0.5) is 0 Å². The molecule has 0 N–H and O–H groups in total. The molecule has 0 aliphatic carbocycles. The van der Waals surface area contributed by atoms with Crippen molar-refractivity contribution in [3.05, 3.63) is 200 Å². The van der Waals surface area contributed by atoms with Crippen LogP contribution in [0.25, 0.3) is 105 Å². The van der Waals surface area contributed by atoms with Gasteiger partial charge >= 0.3 is 0 Å². The maximum atomic E-state index is 5.36. The Hall–Kier alpha value is -7.36. The summed E-state index contributed by atoms with van der Waals surface area (Å²) in [5.74, 6) is 0.701. The van der Waals surface area contributed by atoms with E-state index < -0.39 is 0 Å². The van der Waals surface area contributed by atoms with Crippen molar-refractivity contribution in [1.82, 2.24) is 14.5 Å². The highest BCUT2D eigenvalue weighted by molar-refractivity contribution is 6.20. The molecule has 256 valence electrons. The number of aromatic nitrogens is 3. The quantitative estimate of drug-likeness (QED) is 0.132. The number of nitrogens with zero attached hydrogens (tertiary/aromatic N) is 3.